The van der Waals surface area contributed by atoms with Crippen molar-refractivity contribution in [2.45, 2.75) is 19.6 Å². The highest BCUT2D eigenvalue weighted by Gasteiger charge is 2.09. The normalized spacial score (nSPS) is 10.8. The van der Waals surface area contributed by atoms with Crippen LogP contribution >= 0.6 is 45.8 Å². The molecular formula is C11H11Cl2ISi. The molecule has 0 aliphatic carbocycles. The number of hydrogen-bond acceptors (Lipinski definition) is 0. The van der Waals surface area contributed by atoms with Crippen molar-refractivity contribution in [2.24, 2.45) is 0 Å². The smallest absolute Gasteiger partial charge is 0.127 e. The predicted molar refractivity (Wildman–Crippen MR) is 79.4 cm³/mol. The van der Waals surface area contributed by atoms with E-state index >= 15 is 0 Å². The van der Waals surface area contributed by atoms with Gasteiger partial charge < -0.3 is 0 Å². The van der Waals surface area contributed by atoms with Crippen molar-refractivity contribution in [3.05, 3.63) is 31.3 Å². The van der Waals surface area contributed by atoms with Gasteiger partial charge in [-0.25, -0.2) is 0 Å². The minimum Gasteiger partial charge on any atom is -0.127 e. The molecule has 80 valence electrons. The van der Waals surface area contributed by atoms with E-state index in [1.807, 2.05) is 6.07 Å². The van der Waals surface area contributed by atoms with E-state index in [-0.39, 0.29) is 0 Å². The molecular weight excluding hydrogens is 358 g/mol. The third-order valence-electron chi connectivity index (χ3n) is 1.61. The van der Waals surface area contributed by atoms with Gasteiger partial charge in [-0.05, 0) is 34.7 Å². The molecule has 0 bridgehead atoms. The van der Waals surface area contributed by atoms with Crippen LogP contribution in [-0.2, 0) is 0 Å². The Bertz CT molecular complexity index is 438. The zero-order chi connectivity index (χ0) is 11.6. The summed E-state index contributed by atoms with van der Waals surface area (Å²) < 4.78 is 0.938. The maximum absolute atomic E-state index is 6.04. The molecule has 0 aliphatic heterocycles. The maximum atomic E-state index is 6.04. The highest BCUT2D eigenvalue weighted by Crippen LogP contribution is 2.29. The van der Waals surface area contributed by atoms with Gasteiger partial charge in [-0.15, -0.1) is 5.54 Å². The first kappa shape index (κ1) is 13.4. The number of halogens is 3. The molecule has 0 fully saturated rings. The fraction of sp³-hybridized carbons (Fsp3) is 0.273. The molecule has 1 aromatic carbocycles. The van der Waals surface area contributed by atoms with E-state index in [1.54, 1.807) is 6.07 Å². The van der Waals surface area contributed by atoms with Gasteiger partial charge in [0.25, 0.3) is 0 Å². The number of benzene rings is 1. The van der Waals surface area contributed by atoms with Crippen LogP contribution in [0.1, 0.15) is 5.56 Å². The zero-order valence-corrected chi connectivity index (χ0v) is 13.5. The molecule has 0 atom stereocenters. The minimum absolute atomic E-state index is 0.583. The first-order valence-corrected chi connectivity index (χ1v) is 9.81. The van der Waals surface area contributed by atoms with Crippen molar-refractivity contribution >= 4 is 53.9 Å². The molecule has 0 nitrogen and oxygen atoms in total. The second-order valence-electron chi connectivity index (χ2n) is 4.22. The van der Waals surface area contributed by atoms with Crippen LogP contribution < -0.4 is 0 Å². The summed E-state index contributed by atoms with van der Waals surface area (Å²) in [7, 11) is -1.33. The molecule has 1 rings (SSSR count). The van der Waals surface area contributed by atoms with Gasteiger partial charge in [0.15, 0.2) is 0 Å². The van der Waals surface area contributed by atoms with Crippen LogP contribution in [0.4, 0.5) is 0 Å². The first-order chi connectivity index (χ1) is 6.81. The van der Waals surface area contributed by atoms with E-state index in [4.69, 9.17) is 23.2 Å². The summed E-state index contributed by atoms with van der Waals surface area (Å²) in [5, 5.41) is 1.18. The molecule has 1 aromatic rings. The molecule has 4 heteroatoms. The second-order valence-corrected chi connectivity index (χ2v) is 10.8. The monoisotopic (exact) mass is 368 g/mol. The average molecular weight is 369 g/mol. The molecule has 0 N–H and O–H groups in total. The number of rotatable bonds is 0. The van der Waals surface area contributed by atoms with Crippen LogP contribution in [-0.4, -0.2) is 8.07 Å². The van der Waals surface area contributed by atoms with Gasteiger partial charge in [0.2, 0.25) is 0 Å². The third kappa shape index (κ3) is 3.99. The lowest BCUT2D eigenvalue weighted by atomic mass is 10.2. The Hall–Kier alpha value is 0.307. The van der Waals surface area contributed by atoms with Crippen LogP contribution in [0.2, 0.25) is 29.7 Å². The SMILES string of the molecule is C[Si](C)(C)C#Cc1ccc(Cl)c(Cl)c1I. The van der Waals surface area contributed by atoms with E-state index in [1.165, 1.54) is 0 Å². The summed E-state index contributed by atoms with van der Waals surface area (Å²) >= 11 is 14.1. The van der Waals surface area contributed by atoms with Crippen LogP contribution in [0.25, 0.3) is 0 Å². The quantitative estimate of drug-likeness (QED) is 0.266. The van der Waals surface area contributed by atoms with E-state index in [2.05, 4.69) is 53.7 Å². The highest BCUT2D eigenvalue weighted by molar-refractivity contribution is 14.1. The lowest BCUT2D eigenvalue weighted by Crippen LogP contribution is -2.16. The number of hydrogen-bond donors (Lipinski definition) is 0. The first-order valence-electron chi connectivity index (χ1n) is 4.48. The lowest BCUT2D eigenvalue weighted by Gasteiger charge is -2.05. The summed E-state index contributed by atoms with van der Waals surface area (Å²) in [6.07, 6.45) is 0. The summed E-state index contributed by atoms with van der Waals surface area (Å²) in [6.45, 7) is 6.64. The molecule has 0 heterocycles. The fourth-order valence-corrected chi connectivity index (χ4v) is 2.47. The Morgan fingerprint density at radius 2 is 1.80 bits per heavy atom. The van der Waals surface area contributed by atoms with E-state index in [0.717, 1.165) is 9.13 Å². The second kappa shape index (κ2) is 5.09. The van der Waals surface area contributed by atoms with Crippen molar-refractivity contribution in [1.82, 2.24) is 0 Å². The van der Waals surface area contributed by atoms with Crippen LogP contribution in [0.15, 0.2) is 12.1 Å². The Labute approximate surface area is 116 Å². The summed E-state index contributed by atoms with van der Waals surface area (Å²) in [5.41, 5.74) is 4.27. The lowest BCUT2D eigenvalue weighted by molar-refractivity contribution is 1.58. The summed E-state index contributed by atoms with van der Waals surface area (Å²) in [4.78, 5) is 0. The van der Waals surface area contributed by atoms with Gasteiger partial charge in [-0.1, -0.05) is 48.8 Å². The Kier molecular flexibility index (Phi) is 4.54. The van der Waals surface area contributed by atoms with Gasteiger partial charge in [0.1, 0.15) is 8.07 Å². The molecule has 0 unspecified atom stereocenters. The Balaban J connectivity index is 3.17. The highest BCUT2D eigenvalue weighted by atomic mass is 127. The van der Waals surface area contributed by atoms with Crippen molar-refractivity contribution in [3.8, 4) is 11.5 Å². The van der Waals surface area contributed by atoms with Crippen molar-refractivity contribution in [3.63, 3.8) is 0 Å². The van der Waals surface area contributed by atoms with Crippen LogP contribution in [0, 0.1) is 15.0 Å². The van der Waals surface area contributed by atoms with E-state index in [0.29, 0.717) is 10.0 Å². The predicted octanol–water partition coefficient (Wildman–Crippen LogP) is 4.83. The Morgan fingerprint density at radius 3 is 2.33 bits per heavy atom. The maximum Gasteiger partial charge on any atom is 0.129 e. The molecule has 0 aromatic heterocycles. The molecule has 0 saturated heterocycles. The fourth-order valence-electron chi connectivity index (χ4n) is 0.877. The van der Waals surface area contributed by atoms with Crippen LogP contribution in [0.5, 0.6) is 0 Å². The van der Waals surface area contributed by atoms with Crippen LogP contribution in [0.3, 0.4) is 0 Å². The van der Waals surface area contributed by atoms with E-state index < -0.39 is 8.07 Å². The van der Waals surface area contributed by atoms with Gasteiger partial charge in [-0.2, -0.15) is 0 Å². The molecule has 0 amide bonds. The standard InChI is InChI=1S/C11H11Cl2ISi/c1-15(2,3)7-6-8-4-5-9(12)10(13)11(8)14/h4-5H,1-3H3. The topological polar surface area (TPSA) is 0 Å². The molecule has 0 saturated carbocycles. The van der Waals surface area contributed by atoms with Gasteiger partial charge >= 0.3 is 0 Å². The average Bonchev–Trinajstić information content (AvgIpc) is 2.12. The zero-order valence-electron chi connectivity index (χ0n) is 8.79. The molecule has 15 heavy (non-hydrogen) atoms. The molecule has 0 spiro atoms. The van der Waals surface area contributed by atoms with Crippen molar-refractivity contribution < 1.29 is 0 Å². The summed E-state index contributed by atoms with van der Waals surface area (Å²) in [6, 6.07) is 3.71. The van der Waals surface area contributed by atoms with Crippen molar-refractivity contribution in [2.75, 3.05) is 0 Å². The third-order valence-corrected chi connectivity index (χ3v) is 4.73. The van der Waals surface area contributed by atoms with E-state index in [9.17, 15) is 0 Å². The van der Waals surface area contributed by atoms with Gasteiger partial charge in [0.05, 0.1) is 10.0 Å². The van der Waals surface area contributed by atoms with Gasteiger partial charge in [0, 0.05) is 9.13 Å². The van der Waals surface area contributed by atoms with Crippen molar-refractivity contribution in [1.29, 1.82) is 0 Å². The molecule has 0 aliphatic rings. The van der Waals surface area contributed by atoms with Gasteiger partial charge in [-0.3, -0.25) is 0 Å². The minimum atomic E-state index is -1.33. The summed E-state index contributed by atoms with van der Waals surface area (Å²) in [5.74, 6) is 3.18. The molecule has 0 radical (unpaired) electrons. The largest absolute Gasteiger partial charge is 0.129 e. The Morgan fingerprint density at radius 1 is 1.20 bits per heavy atom.